The van der Waals surface area contributed by atoms with Crippen LogP contribution in [0.3, 0.4) is 0 Å². The average molecular weight is 287 g/mol. The predicted molar refractivity (Wildman–Crippen MR) is 85.3 cm³/mol. The summed E-state index contributed by atoms with van der Waals surface area (Å²) in [6, 6.07) is 10.8. The van der Waals surface area contributed by atoms with Crippen LogP contribution in [0, 0.1) is 0 Å². The first kappa shape index (κ1) is 14.4. The van der Waals surface area contributed by atoms with Gasteiger partial charge < -0.3 is 10.2 Å². The van der Waals surface area contributed by atoms with Crippen LogP contribution >= 0.6 is 0 Å². The van der Waals surface area contributed by atoms with Crippen LogP contribution in [-0.2, 0) is 4.79 Å². The highest BCUT2D eigenvalue weighted by Gasteiger charge is 2.34. The fourth-order valence-electron chi connectivity index (χ4n) is 3.53. The number of para-hydroxylation sites is 1. The lowest BCUT2D eigenvalue weighted by Gasteiger charge is -2.47. The van der Waals surface area contributed by atoms with E-state index in [0.29, 0.717) is 18.6 Å². The molecule has 1 aromatic rings. The minimum Gasteiger partial charge on any atom is -0.376 e. The van der Waals surface area contributed by atoms with Crippen LogP contribution in [0.2, 0.25) is 0 Å². The van der Waals surface area contributed by atoms with E-state index in [1.807, 2.05) is 30.3 Å². The van der Waals surface area contributed by atoms with Gasteiger partial charge in [-0.15, -0.1) is 0 Å². The van der Waals surface area contributed by atoms with Gasteiger partial charge in [-0.2, -0.15) is 0 Å². The smallest absolute Gasteiger partial charge is 0.242 e. The Bertz CT molecular complexity index is 476. The molecule has 2 heterocycles. The summed E-state index contributed by atoms with van der Waals surface area (Å²) in [5, 5.41) is 3.23. The lowest BCUT2D eigenvalue weighted by atomic mass is 9.97. The Labute approximate surface area is 127 Å². The fraction of sp³-hybridized carbons (Fsp3) is 0.588. The van der Waals surface area contributed by atoms with Crippen LogP contribution < -0.4 is 5.32 Å². The van der Waals surface area contributed by atoms with Crippen molar-refractivity contribution in [2.45, 2.75) is 38.3 Å². The van der Waals surface area contributed by atoms with Crippen LogP contribution in [0.25, 0.3) is 0 Å². The van der Waals surface area contributed by atoms with Crippen molar-refractivity contribution in [1.82, 2.24) is 9.80 Å². The molecule has 0 radical (unpaired) electrons. The fourth-order valence-corrected chi connectivity index (χ4v) is 3.53. The zero-order valence-corrected chi connectivity index (χ0v) is 12.8. The van der Waals surface area contributed by atoms with E-state index in [4.69, 9.17) is 0 Å². The molecule has 2 aliphatic rings. The van der Waals surface area contributed by atoms with Crippen molar-refractivity contribution >= 4 is 11.6 Å². The van der Waals surface area contributed by atoms with Crippen LogP contribution in [0.5, 0.6) is 0 Å². The molecule has 0 spiro atoms. The SMILES string of the molecule is CC1CN2CCCCC2CN1C(=O)CNc1ccccc1. The molecule has 1 aromatic carbocycles. The van der Waals surface area contributed by atoms with Gasteiger partial charge in [0, 0.05) is 30.9 Å². The van der Waals surface area contributed by atoms with Crippen LogP contribution in [0.15, 0.2) is 30.3 Å². The van der Waals surface area contributed by atoms with Crippen LogP contribution in [0.4, 0.5) is 5.69 Å². The molecule has 4 heteroatoms. The first-order valence-electron chi connectivity index (χ1n) is 8.06. The maximum absolute atomic E-state index is 12.5. The molecule has 0 saturated carbocycles. The summed E-state index contributed by atoms with van der Waals surface area (Å²) in [5.74, 6) is 0.219. The molecule has 3 rings (SSSR count). The topological polar surface area (TPSA) is 35.6 Å². The van der Waals surface area contributed by atoms with Gasteiger partial charge >= 0.3 is 0 Å². The highest BCUT2D eigenvalue weighted by molar-refractivity contribution is 5.81. The summed E-state index contributed by atoms with van der Waals surface area (Å²) >= 11 is 0. The molecule has 0 aromatic heterocycles. The number of hydrogen-bond acceptors (Lipinski definition) is 3. The van der Waals surface area contributed by atoms with E-state index in [-0.39, 0.29) is 5.91 Å². The first-order valence-corrected chi connectivity index (χ1v) is 8.06. The Hall–Kier alpha value is -1.55. The van der Waals surface area contributed by atoms with E-state index in [9.17, 15) is 4.79 Å². The van der Waals surface area contributed by atoms with E-state index >= 15 is 0 Å². The number of nitrogens with one attached hydrogen (secondary N) is 1. The third kappa shape index (κ3) is 3.38. The maximum Gasteiger partial charge on any atom is 0.242 e. The van der Waals surface area contributed by atoms with Crippen molar-refractivity contribution in [3.8, 4) is 0 Å². The molecule has 2 aliphatic heterocycles. The summed E-state index contributed by atoms with van der Waals surface area (Å²) in [4.78, 5) is 17.1. The minimum atomic E-state index is 0.219. The van der Waals surface area contributed by atoms with Crippen LogP contribution in [0.1, 0.15) is 26.2 Å². The predicted octanol–water partition coefficient (Wildman–Crippen LogP) is 2.18. The number of anilines is 1. The third-order valence-corrected chi connectivity index (χ3v) is 4.73. The Morgan fingerprint density at radius 2 is 2.05 bits per heavy atom. The molecule has 1 N–H and O–H groups in total. The molecule has 2 saturated heterocycles. The molecular formula is C17H25N3O. The minimum absolute atomic E-state index is 0.219. The van der Waals surface area contributed by atoms with Crippen LogP contribution in [-0.4, -0.2) is 54.0 Å². The highest BCUT2D eigenvalue weighted by Crippen LogP contribution is 2.24. The second-order valence-electron chi connectivity index (χ2n) is 6.26. The Morgan fingerprint density at radius 1 is 1.24 bits per heavy atom. The first-order chi connectivity index (χ1) is 10.2. The summed E-state index contributed by atoms with van der Waals surface area (Å²) < 4.78 is 0. The number of rotatable bonds is 3. The highest BCUT2D eigenvalue weighted by atomic mass is 16.2. The second-order valence-corrected chi connectivity index (χ2v) is 6.26. The van der Waals surface area contributed by atoms with Crippen molar-refractivity contribution in [3.63, 3.8) is 0 Å². The normalized spacial score (nSPS) is 26.2. The van der Waals surface area contributed by atoms with Gasteiger partial charge in [0.15, 0.2) is 0 Å². The van der Waals surface area contributed by atoms with E-state index in [1.54, 1.807) is 0 Å². The summed E-state index contributed by atoms with van der Waals surface area (Å²) in [5.41, 5.74) is 1.01. The second kappa shape index (κ2) is 6.48. The van der Waals surface area contributed by atoms with Crippen molar-refractivity contribution in [1.29, 1.82) is 0 Å². The number of piperidine rings is 1. The lowest BCUT2D eigenvalue weighted by Crippen LogP contribution is -2.60. The summed E-state index contributed by atoms with van der Waals surface area (Å²) in [7, 11) is 0. The van der Waals surface area contributed by atoms with Crippen molar-refractivity contribution < 1.29 is 4.79 Å². The number of amides is 1. The number of nitrogens with zero attached hydrogens (tertiary/aromatic N) is 2. The van der Waals surface area contributed by atoms with Crippen molar-refractivity contribution in [2.75, 3.05) is 31.5 Å². The molecule has 2 unspecified atom stereocenters. The van der Waals surface area contributed by atoms with Gasteiger partial charge in [-0.3, -0.25) is 9.69 Å². The lowest BCUT2D eigenvalue weighted by molar-refractivity contribution is -0.136. The van der Waals surface area contributed by atoms with E-state index in [0.717, 1.165) is 18.8 Å². The van der Waals surface area contributed by atoms with Gasteiger partial charge in [0.1, 0.15) is 0 Å². The van der Waals surface area contributed by atoms with E-state index < -0.39 is 0 Å². The van der Waals surface area contributed by atoms with Crippen molar-refractivity contribution in [3.05, 3.63) is 30.3 Å². The molecule has 1 amide bonds. The summed E-state index contributed by atoms with van der Waals surface area (Å²) in [6.45, 7) is 5.70. The van der Waals surface area contributed by atoms with Gasteiger partial charge in [-0.1, -0.05) is 24.6 Å². The number of fused-ring (bicyclic) bond motifs is 1. The van der Waals surface area contributed by atoms with E-state index in [1.165, 1.54) is 25.8 Å². The molecule has 4 nitrogen and oxygen atoms in total. The largest absolute Gasteiger partial charge is 0.376 e. The van der Waals surface area contributed by atoms with Gasteiger partial charge in [0.2, 0.25) is 5.91 Å². The Morgan fingerprint density at radius 3 is 2.86 bits per heavy atom. The molecule has 0 aliphatic carbocycles. The zero-order chi connectivity index (χ0) is 14.7. The molecule has 114 valence electrons. The number of carbonyl (C=O) groups excluding carboxylic acids is 1. The Balaban J connectivity index is 1.56. The maximum atomic E-state index is 12.5. The number of benzene rings is 1. The Kier molecular flexibility index (Phi) is 4.44. The quantitative estimate of drug-likeness (QED) is 0.925. The number of carbonyl (C=O) groups is 1. The molecular weight excluding hydrogens is 262 g/mol. The third-order valence-electron chi connectivity index (χ3n) is 4.73. The standard InChI is InChI=1S/C17H25N3O/c1-14-12-19-10-6-5-9-16(19)13-20(14)17(21)11-18-15-7-3-2-4-8-15/h2-4,7-8,14,16,18H,5-6,9-13H2,1H3. The van der Waals surface area contributed by atoms with E-state index in [2.05, 4.69) is 22.0 Å². The monoisotopic (exact) mass is 287 g/mol. The van der Waals surface area contributed by atoms with Gasteiger partial charge in [-0.05, 0) is 38.4 Å². The van der Waals surface area contributed by atoms with Gasteiger partial charge in [0.25, 0.3) is 0 Å². The molecule has 2 fully saturated rings. The molecule has 0 bridgehead atoms. The van der Waals surface area contributed by atoms with Crippen molar-refractivity contribution in [2.24, 2.45) is 0 Å². The molecule has 21 heavy (non-hydrogen) atoms. The molecule has 2 atom stereocenters. The average Bonchev–Trinajstić information content (AvgIpc) is 2.53. The number of hydrogen-bond donors (Lipinski definition) is 1. The summed E-state index contributed by atoms with van der Waals surface area (Å²) in [6.07, 6.45) is 3.86. The zero-order valence-electron chi connectivity index (χ0n) is 12.8. The van der Waals surface area contributed by atoms with Gasteiger partial charge in [-0.25, -0.2) is 0 Å². The van der Waals surface area contributed by atoms with Gasteiger partial charge in [0.05, 0.1) is 6.54 Å². The number of piperazine rings is 1.